The van der Waals surface area contributed by atoms with Crippen LogP contribution in [0.5, 0.6) is 0 Å². The van der Waals surface area contributed by atoms with Crippen LogP contribution in [0.1, 0.15) is 108 Å². The number of halogens is 4. The Balaban J connectivity index is 1.41. The zero-order valence-corrected chi connectivity index (χ0v) is 24.6. The Hall–Kier alpha value is -2.66. The molecule has 1 saturated heterocycles. The Bertz CT molecular complexity index is 1250. The molecule has 1 aliphatic heterocycles. The maximum atomic E-state index is 15.2. The van der Waals surface area contributed by atoms with E-state index in [0.717, 1.165) is 32.1 Å². The summed E-state index contributed by atoms with van der Waals surface area (Å²) in [6, 6.07) is 12.9. The summed E-state index contributed by atoms with van der Waals surface area (Å²) in [6.45, 7) is 4.93. The van der Waals surface area contributed by atoms with Gasteiger partial charge in [-0.3, -0.25) is 0 Å². The predicted molar refractivity (Wildman–Crippen MR) is 160 cm³/mol. The summed E-state index contributed by atoms with van der Waals surface area (Å²) in [5, 5.41) is 0. The molecule has 3 aromatic rings. The maximum Gasteiger partial charge on any atom is 0.167 e. The van der Waals surface area contributed by atoms with E-state index in [0.29, 0.717) is 42.1 Å². The molecule has 0 aliphatic carbocycles. The molecule has 0 saturated carbocycles. The maximum absolute atomic E-state index is 15.2. The van der Waals surface area contributed by atoms with Crippen LogP contribution in [0.4, 0.5) is 17.6 Å². The Morgan fingerprint density at radius 3 is 1.83 bits per heavy atom. The van der Waals surface area contributed by atoms with Crippen LogP contribution >= 0.6 is 0 Å². The van der Waals surface area contributed by atoms with Crippen LogP contribution in [0.2, 0.25) is 0 Å². The summed E-state index contributed by atoms with van der Waals surface area (Å²) in [5.41, 5.74) is 1.89. The predicted octanol–water partition coefficient (Wildman–Crippen LogP) is 11.5. The number of hydrogen-bond donors (Lipinski definition) is 0. The summed E-state index contributed by atoms with van der Waals surface area (Å²) in [4.78, 5) is 0. The van der Waals surface area contributed by atoms with E-state index in [-0.39, 0.29) is 16.7 Å². The summed E-state index contributed by atoms with van der Waals surface area (Å²) in [7, 11) is 0. The average Bonchev–Trinajstić information content (AvgIpc) is 2.99. The number of ether oxygens (including phenoxy) is 1. The van der Waals surface area contributed by atoms with Gasteiger partial charge in [-0.25, -0.2) is 17.6 Å². The second kappa shape index (κ2) is 15.5. The first-order valence-corrected chi connectivity index (χ1v) is 15.6. The molecule has 0 N–H and O–H groups in total. The van der Waals surface area contributed by atoms with Crippen LogP contribution in [-0.2, 0) is 11.2 Å². The highest BCUT2D eigenvalue weighted by Gasteiger charge is 2.27. The van der Waals surface area contributed by atoms with E-state index in [1.165, 1.54) is 38.5 Å². The third-order valence-electron chi connectivity index (χ3n) is 8.51. The highest BCUT2D eigenvalue weighted by Crippen LogP contribution is 2.37. The lowest BCUT2D eigenvalue weighted by Crippen LogP contribution is -2.21. The van der Waals surface area contributed by atoms with Gasteiger partial charge < -0.3 is 4.74 Å². The molecule has 0 aromatic heterocycles. The van der Waals surface area contributed by atoms with Crippen molar-refractivity contribution in [3.8, 4) is 22.3 Å². The molecule has 222 valence electrons. The minimum absolute atomic E-state index is 0.131. The van der Waals surface area contributed by atoms with Crippen LogP contribution in [0.15, 0.2) is 48.5 Å². The standard InChI is InChI=1S/C36H44F4O/c1-3-5-7-8-9-11-13-28-19-20-29(34(38)33(28)37)26-15-17-27(18-16-26)30-21-22-31(36(40)35(30)39)32-23-14-25(24-41-32)12-10-6-4-2/h15-22,25,32H,3-14,23-24H2,1-2H3. The first kappa shape index (κ1) is 31.3. The van der Waals surface area contributed by atoms with E-state index in [1.54, 1.807) is 48.5 Å². The van der Waals surface area contributed by atoms with Gasteiger partial charge in [-0.15, -0.1) is 0 Å². The molecule has 1 heterocycles. The fourth-order valence-corrected chi connectivity index (χ4v) is 5.93. The molecule has 1 nitrogen and oxygen atoms in total. The molecule has 3 aromatic carbocycles. The van der Waals surface area contributed by atoms with Gasteiger partial charge in [-0.2, -0.15) is 0 Å². The van der Waals surface area contributed by atoms with Gasteiger partial charge in [0.2, 0.25) is 0 Å². The van der Waals surface area contributed by atoms with Crippen molar-refractivity contribution in [2.75, 3.05) is 6.61 Å². The van der Waals surface area contributed by atoms with Gasteiger partial charge in [0.1, 0.15) is 0 Å². The SMILES string of the molecule is CCCCCCCCc1ccc(-c2ccc(-c3ccc(C4CCC(CCCCC)CO4)c(F)c3F)cc2)c(F)c1F. The van der Waals surface area contributed by atoms with E-state index in [2.05, 4.69) is 13.8 Å². The van der Waals surface area contributed by atoms with E-state index >= 15 is 8.78 Å². The van der Waals surface area contributed by atoms with Crippen molar-refractivity contribution >= 4 is 0 Å². The smallest absolute Gasteiger partial charge is 0.167 e. The number of unbranched alkanes of at least 4 members (excludes halogenated alkanes) is 7. The topological polar surface area (TPSA) is 9.23 Å². The number of benzene rings is 3. The molecule has 0 bridgehead atoms. The average molecular weight is 569 g/mol. The zero-order valence-electron chi connectivity index (χ0n) is 24.6. The number of aryl methyl sites for hydroxylation is 1. The van der Waals surface area contributed by atoms with Crippen molar-refractivity contribution in [2.24, 2.45) is 5.92 Å². The molecule has 5 heteroatoms. The molecule has 1 fully saturated rings. The minimum atomic E-state index is -0.916. The Morgan fingerprint density at radius 2 is 1.20 bits per heavy atom. The van der Waals surface area contributed by atoms with Gasteiger partial charge in [-0.1, -0.05) is 114 Å². The molecule has 0 spiro atoms. The zero-order chi connectivity index (χ0) is 29.2. The fraction of sp³-hybridized carbons (Fsp3) is 0.500. The summed E-state index contributed by atoms with van der Waals surface area (Å²) in [6.07, 6.45) is 12.9. The molecule has 0 radical (unpaired) electrons. The minimum Gasteiger partial charge on any atom is -0.373 e. The molecular formula is C36H44F4O. The first-order chi connectivity index (χ1) is 19.9. The second-order valence-corrected chi connectivity index (χ2v) is 11.6. The lowest BCUT2D eigenvalue weighted by Gasteiger charge is -2.29. The summed E-state index contributed by atoms with van der Waals surface area (Å²) >= 11 is 0. The van der Waals surface area contributed by atoms with Crippen molar-refractivity contribution in [2.45, 2.75) is 103 Å². The Morgan fingerprint density at radius 1 is 0.610 bits per heavy atom. The van der Waals surface area contributed by atoms with Crippen molar-refractivity contribution < 1.29 is 22.3 Å². The van der Waals surface area contributed by atoms with Crippen LogP contribution in [0.25, 0.3) is 22.3 Å². The first-order valence-electron chi connectivity index (χ1n) is 15.6. The lowest BCUT2D eigenvalue weighted by atomic mass is 9.90. The van der Waals surface area contributed by atoms with E-state index in [1.807, 2.05) is 0 Å². The van der Waals surface area contributed by atoms with Gasteiger partial charge in [0.25, 0.3) is 0 Å². The van der Waals surface area contributed by atoms with Gasteiger partial charge in [-0.05, 0) is 54.7 Å². The molecule has 0 amide bonds. The molecule has 1 aliphatic rings. The van der Waals surface area contributed by atoms with Crippen LogP contribution < -0.4 is 0 Å². The van der Waals surface area contributed by atoms with Gasteiger partial charge in [0.05, 0.1) is 12.7 Å². The van der Waals surface area contributed by atoms with Crippen molar-refractivity contribution in [3.05, 3.63) is 82.9 Å². The molecule has 2 unspecified atom stereocenters. The summed E-state index contributed by atoms with van der Waals surface area (Å²) < 4.78 is 66.2. The van der Waals surface area contributed by atoms with Gasteiger partial charge in [0.15, 0.2) is 23.3 Å². The molecule has 2 atom stereocenters. The molecule has 4 rings (SSSR count). The highest BCUT2D eigenvalue weighted by atomic mass is 19.2. The number of hydrogen-bond acceptors (Lipinski definition) is 1. The number of rotatable bonds is 14. The van der Waals surface area contributed by atoms with Crippen LogP contribution in [-0.4, -0.2) is 6.61 Å². The van der Waals surface area contributed by atoms with E-state index in [9.17, 15) is 8.78 Å². The van der Waals surface area contributed by atoms with Crippen LogP contribution in [0.3, 0.4) is 0 Å². The Labute approximate surface area is 243 Å². The quantitative estimate of drug-likeness (QED) is 0.139. The largest absolute Gasteiger partial charge is 0.373 e. The van der Waals surface area contributed by atoms with Crippen molar-refractivity contribution in [3.63, 3.8) is 0 Å². The monoisotopic (exact) mass is 568 g/mol. The fourth-order valence-electron chi connectivity index (χ4n) is 5.93. The molecule has 41 heavy (non-hydrogen) atoms. The summed E-state index contributed by atoms with van der Waals surface area (Å²) in [5.74, 6) is -2.99. The van der Waals surface area contributed by atoms with E-state index < -0.39 is 29.4 Å². The van der Waals surface area contributed by atoms with E-state index in [4.69, 9.17) is 4.74 Å². The second-order valence-electron chi connectivity index (χ2n) is 11.6. The third kappa shape index (κ3) is 8.00. The third-order valence-corrected chi connectivity index (χ3v) is 8.51. The highest BCUT2D eigenvalue weighted by molar-refractivity contribution is 5.71. The molecular weight excluding hydrogens is 524 g/mol. The Kier molecular flexibility index (Phi) is 11.9. The van der Waals surface area contributed by atoms with Crippen molar-refractivity contribution in [1.29, 1.82) is 0 Å². The van der Waals surface area contributed by atoms with Gasteiger partial charge >= 0.3 is 0 Å². The van der Waals surface area contributed by atoms with Crippen LogP contribution in [0, 0.1) is 29.2 Å². The lowest BCUT2D eigenvalue weighted by molar-refractivity contribution is -0.0218. The van der Waals surface area contributed by atoms with Crippen molar-refractivity contribution in [1.82, 2.24) is 0 Å². The normalized spacial score (nSPS) is 17.2. The van der Waals surface area contributed by atoms with Gasteiger partial charge in [0, 0.05) is 16.7 Å².